The van der Waals surface area contributed by atoms with Gasteiger partial charge in [-0.05, 0) is 20.9 Å². The molecule has 0 saturated carbocycles. The Morgan fingerprint density at radius 2 is 2.06 bits per heavy atom. The molecule has 2 amide bonds. The standard InChI is InChI=1S/C11H21N3O3/c1-7(2)14-10(15)4-13-11(16)8-5-17-6-9(8)12-3/h7-9,12H,4-6H2,1-3H3,(H,13,16)(H,14,15). The summed E-state index contributed by atoms with van der Waals surface area (Å²) in [5.41, 5.74) is 0. The van der Waals surface area contributed by atoms with Crippen LogP contribution in [-0.2, 0) is 14.3 Å². The van der Waals surface area contributed by atoms with Crippen LogP contribution in [-0.4, -0.2) is 50.7 Å². The zero-order valence-electron chi connectivity index (χ0n) is 10.6. The lowest BCUT2D eigenvalue weighted by atomic mass is 10.0. The number of carbonyl (C=O) groups is 2. The number of ether oxygens (including phenoxy) is 1. The normalized spacial score (nSPS) is 23.8. The minimum atomic E-state index is -0.216. The van der Waals surface area contributed by atoms with Crippen molar-refractivity contribution >= 4 is 11.8 Å². The van der Waals surface area contributed by atoms with Gasteiger partial charge in [-0.1, -0.05) is 0 Å². The van der Waals surface area contributed by atoms with Crippen molar-refractivity contribution in [1.29, 1.82) is 0 Å². The molecule has 0 radical (unpaired) electrons. The summed E-state index contributed by atoms with van der Waals surface area (Å²) >= 11 is 0. The number of hydrogen-bond acceptors (Lipinski definition) is 4. The van der Waals surface area contributed by atoms with Gasteiger partial charge < -0.3 is 20.7 Å². The number of rotatable bonds is 5. The van der Waals surface area contributed by atoms with E-state index in [1.165, 1.54) is 0 Å². The predicted molar refractivity (Wildman–Crippen MR) is 63.4 cm³/mol. The molecule has 1 saturated heterocycles. The van der Waals surface area contributed by atoms with Crippen LogP contribution in [0.4, 0.5) is 0 Å². The van der Waals surface area contributed by atoms with Gasteiger partial charge in [-0.2, -0.15) is 0 Å². The fourth-order valence-electron chi connectivity index (χ4n) is 1.77. The monoisotopic (exact) mass is 243 g/mol. The molecular formula is C11H21N3O3. The first kappa shape index (κ1) is 13.9. The van der Waals surface area contributed by atoms with Crippen LogP contribution in [0.15, 0.2) is 0 Å². The van der Waals surface area contributed by atoms with Crippen molar-refractivity contribution in [3.05, 3.63) is 0 Å². The summed E-state index contributed by atoms with van der Waals surface area (Å²) in [6.45, 7) is 4.71. The summed E-state index contributed by atoms with van der Waals surface area (Å²) < 4.78 is 5.23. The molecule has 0 aliphatic carbocycles. The summed E-state index contributed by atoms with van der Waals surface area (Å²) in [5.74, 6) is -0.527. The van der Waals surface area contributed by atoms with E-state index in [-0.39, 0.29) is 36.4 Å². The molecule has 6 nitrogen and oxygen atoms in total. The Labute approximate surface area is 101 Å². The highest BCUT2D eigenvalue weighted by molar-refractivity contribution is 5.86. The Kier molecular flexibility index (Phi) is 5.37. The van der Waals surface area contributed by atoms with Crippen LogP contribution in [0.25, 0.3) is 0 Å². The lowest BCUT2D eigenvalue weighted by Gasteiger charge is -2.16. The lowest BCUT2D eigenvalue weighted by molar-refractivity contribution is -0.129. The molecule has 0 bridgehead atoms. The Hall–Kier alpha value is -1.14. The van der Waals surface area contributed by atoms with Crippen LogP contribution in [0.5, 0.6) is 0 Å². The van der Waals surface area contributed by atoms with E-state index in [9.17, 15) is 9.59 Å². The Morgan fingerprint density at radius 3 is 2.65 bits per heavy atom. The van der Waals surface area contributed by atoms with Crippen molar-refractivity contribution in [2.45, 2.75) is 25.9 Å². The summed E-state index contributed by atoms with van der Waals surface area (Å²) in [5, 5.41) is 8.36. The summed E-state index contributed by atoms with van der Waals surface area (Å²) in [6, 6.07) is 0.113. The zero-order chi connectivity index (χ0) is 12.8. The van der Waals surface area contributed by atoms with E-state index in [2.05, 4.69) is 16.0 Å². The van der Waals surface area contributed by atoms with Gasteiger partial charge in [0.15, 0.2) is 0 Å². The van der Waals surface area contributed by atoms with Gasteiger partial charge in [-0.3, -0.25) is 9.59 Å². The van der Waals surface area contributed by atoms with Gasteiger partial charge in [0.05, 0.1) is 25.7 Å². The number of hydrogen-bond donors (Lipinski definition) is 3. The van der Waals surface area contributed by atoms with E-state index in [0.29, 0.717) is 13.2 Å². The minimum Gasteiger partial charge on any atom is -0.379 e. The average Bonchev–Trinajstić information content (AvgIpc) is 2.72. The molecule has 0 aromatic heterocycles. The van der Waals surface area contributed by atoms with Crippen LogP contribution in [0, 0.1) is 5.92 Å². The summed E-state index contributed by atoms with van der Waals surface area (Å²) in [4.78, 5) is 23.1. The van der Waals surface area contributed by atoms with Gasteiger partial charge in [0.2, 0.25) is 11.8 Å². The molecule has 3 N–H and O–H groups in total. The summed E-state index contributed by atoms with van der Waals surface area (Å²) in [6.07, 6.45) is 0. The number of amides is 2. The maximum Gasteiger partial charge on any atom is 0.239 e. The molecular weight excluding hydrogens is 222 g/mol. The van der Waals surface area contributed by atoms with Crippen molar-refractivity contribution in [3.8, 4) is 0 Å². The maximum absolute atomic E-state index is 11.8. The van der Waals surface area contributed by atoms with Crippen molar-refractivity contribution in [2.24, 2.45) is 5.92 Å². The fraction of sp³-hybridized carbons (Fsp3) is 0.818. The minimum absolute atomic E-state index is 0.0178. The number of nitrogens with one attached hydrogen (secondary N) is 3. The molecule has 0 aromatic carbocycles. The van der Waals surface area contributed by atoms with Gasteiger partial charge in [0.25, 0.3) is 0 Å². The van der Waals surface area contributed by atoms with Crippen LogP contribution >= 0.6 is 0 Å². The van der Waals surface area contributed by atoms with E-state index in [1.54, 1.807) is 7.05 Å². The molecule has 17 heavy (non-hydrogen) atoms. The van der Waals surface area contributed by atoms with Crippen molar-refractivity contribution in [3.63, 3.8) is 0 Å². The van der Waals surface area contributed by atoms with Crippen LogP contribution < -0.4 is 16.0 Å². The highest BCUT2D eigenvalue weighted by Gasteiger charge is 2.32. The third-order valence-corrected chi connectivity index (χ3v) is 2.66. The lowest BCUT2D eigenvalue weighted by Crippen LogP contribution is -2.46. The smallest absolute Gasteiger partial charge is 0.239 e. The first-order valence-corrected chi connectivity index (χ1v) is 5.86. The number of carbonyl (C=O) groups excluding carboxylic acids is 2. The van der Waals surface area contributed by atoms with Crippen molar-refractivity contribution in [2.75, 3.05) is 26.8 Å². The Balaban J connectivity index is 2.31. The van der Waals surface area contributed by atoms with E-state index < -0.39 is 0 Å². The highest BCUT2D eigenvalue weighted by Crippen LogP contribution is 2.12. The highest BCUT2D eigenvalue weighted by atomic mass is 16.5. The first-order valence-electron chi connectivity index (χ1n) is 5.86. The zero-order valence-corrected chi connectivity index (χ0v) is 10.6. The Bertz CT molecular complexity index is 281. The molecule has 1 heterocycles. The second-order valence-corrected chi connectivity index (χ2v) is 4.48. The van der Waals surface area contributed by atoms with Crippen molar-refractivity contribution < 1.29 is 14.3 Å². The maximum atomic E-state index is 11.8. The van der Waals surface area contributed by atoms with Crippen LogP contribution in [0.1, 0.15) is 13.8 Å². The molecule has 1 rings (SSSR count). The molecule has 2 unspecified atom stereocenters. The molecule has 1 aliphatic rings. The number of likely N-dealkylation sites (N-methyl/N-ethyl adjacent to an activating group) is 1. The van der Waals surface area contributed by atoms with Gasteiger partial charge in [-0.25, -0.2) is 0 Å². The second kappa shape index (κ2) is 6.56. The van der Waals surface area contributed by atoms with Crippen LogP contribution in [0.2, 0.25) is 0 Å². The molecule has 2 atom stereocenters. The Morgan fingerprint density at radius 1 is 1.35 bits per heavy atom. The fourth-order valence-corrected chi connectivity index (χ4v) is 1.77. The molecule has 0 aromatic rings. The first-order chi connectivity index (χ1) is 8.04. The quantitative estimate of drug-likeness (QED) is 0.570. The van der Waals surface area contributed by atoms with Gasteiger partial charge in [0, 0.05) is 12.1 Å². The molecule has 98 valence electrons. The van der Waals surface area contributed by atoms with E-state index in [1.807, 2.05) is 13.8 Å². The molecule has 1 aliphatic heterocycles. The van der Waals surface area contributed by atoms with Crippen LogP contribution in [0.3, 0.4) is 0 Å². The molecule has 0 spiro atoms. The second-order valence-electron chi connectivity index (χ2n) is 4.48. The predicted octanol–water partition coefficient (Wildman–Crippen LogP) is -1.14. The molecule has 1 fully saturated rings. The average molecular weight is 243 g/mol. The topological polar surface area (TPSA) is 79.5 Å². The van der Waals surface area contributed by atoms with Crippen molar-refractivity contribution in [1.82, 2.24) is 16.0 Å². The van der Waals surface area contributed by atoms with Gasteiger partial charge in [0.1, 0.15) is 0 Å². The SMILES string of the molecule is CNC1COCC1C(=O)NCC(=O)NC(C)C. The third kappa shape index (κ3) is 4.32. The van der Waals surface area contributed by atoms with E-state index in [0.717, 1.165) is 0 Å². The third-order valence-electron chi connectivity index (χ3n) is 2.66. The van der Waals surface area contributed by atoms with Gasteiger partial charge >= 0.3 is 0 Å². The van der Waals surface area contributed by atoms with E-state index >= 15 is 0 Å². The largest absolute Gasteiger partial charge is 0.379 e. The summed E-state index contributed by atoms with van der Waals surface area (Å²) in [7, 11) is 1.80. The van der Waals surface area contributed by atoms with Gasteiger partial charge in [-0.15, -0.1) is 0 Å². The van der Waals surface area contributed by atoms with E-state index in [4.69, 9.17) is 4.74 Å². The molecule has 6 heteroatoms.